The summed E-state index contributed by atoms with van der Waals surface area (Å²) < 4.78 is 0. The van der Waals surface area contributed by atoms with E-state index >= 15 is 0 Å². The van der Waals surface area contributed by atoms with Crippen LogP contribution in [0.15, 0.2) is 24.3 Å². The molecule has 19 heavy (non-hydrogen) atoms. The summed E-state index contributed by atoms with van der Waals surface area (Å²) in [6.07, 6.45) is 0. The number of hydrogen-bond donors (Lipinski definition) is 2. The third-order valence-electron chi connectivity index (χ3n) is 3.93. The number of carbonyl (C=O) groups excluding carboxylic acids is 1. The van der Waals surface area contributed by atoms with Crippen LogP contribution in [0.2, 0.25) is 0 Å². The number of nitrogens with zero attached hydrogens (tertiary/aromatic N) is 1. The van der Waals surface area contributed by atoms with E-state index in [1.165, 1.54) is 0 Å². The predicted molar refractivity (Wildman–Crippen MR) is 68.6 cm³/mol. The van der Waals surface area contributed by atoms with Gasteiger partial charge in [0.15, 0.2) is 0 Å². The second-order valence-electron chi connectivity index (χ2n) is 5.16. The number of likely N-dealkylation sites (tertiary alicyclic amines) is 1. The first-order chi connectivity index (χ1) is 9.16. The van der Waals surface area contributed by atoms with E-state index in [0.717, 1.165) is 17.7 Å². The summed E-state index contributed by atoms with van der Waals surface area (Å²) in [6, 6.07) is 7.93. The predicted octanol–water partition coefficient (Wildman–Crippen LogP) is 0.416. The van der Waals surface area contributed by atoms with Crippen LogP contribution in [-0.4, -0.2) is 41.5 Å². The van der Waals surface area contributed by atoms with Crippen molar-refractivity contribution < 1.29 is 14.7 Å². The molecule has 1 fully saturated rings. The van der Waals surface area contributed by atoms with Gasteiger partial charge in [0.25, 0.3) is 0 Å². The molecule has 2 N–H and O–H groups in total. The number of amides is 1. The number of carboxylic acids is 1. The summed E-state index contributed by atoms with van der Waals surface area (Å²) in [5, 5.41) is 12.1. The highest BCUT2D eigenvalue weighted by Crippen LogP contribution is 2.28. The van der Waals surface area contributed by atoms with Gasteiger partial charge in [-0.25, -0.2) is 0 Å². The molecule has 5 nitrogen and oxygen atoms in total. The highest BCUT2D eigenvalue weighted by Gasteiger charge is 2.39. The lowest BCUT2D eigenvalue weighted by Gasteiger charge is -2.40. The maximum Gasteiger partial charge on any atom is 0.310 e. The van der Waals surface area contributed by atoms with Crippen molar-refractivity contribution >= 4 is 11.9 Å². The van der Waals surface area contributed by atoms with Crippen LogP contribution in [0, 0.1) is 5.92 Å². The number of benzene rings is 1. The maximum absolute atomic E-state index is 12.4. The van der Waals surface area contributed by atoms with Gasteiger partial charge in [0, 0.05) is 26.2 Å². The van der Waals surface area contributed by atoms with Gasteiger partial charge in [-0.15, -0.1) is 0 Å². The van der Waals surface area contributed by atoms with Gasteiger partial charge in [0.2, 0.25) is 5.91 Å². The summed E-state index contributed by atoms with van der Waals surface area (Å²) in [6.45, 7) is 2.10. The summed E-state index contributed by atoms with van der Waals surface area (Å²) in [5.74, 6) is -1.35. The minimum absolute atomic E-state index is 0.0390. The van der Waals surface area contributed by atoms with Crippen molar-refractivity contribution in [1.82, 2.24) is 10.2 Å². The van der Waals surface area contributed by atoms with Crippen molar-refractivity contribution in [2.24, 2.45) is 5.92 Å². The molecule has 1 saturated heterocycles. The fourth-order valence-corrected chi connectivity index (χ4v) is 2.75. The molecule has 0 spiro atoms. The van der Waals surface area contributed by atoms with Gasteiger partial charge in [-0.05, 0) is 11.1 Å². The van der Waals surface area contributed by atoms with Crippen molar-refractivity contribution in [3.63, 3.8) is 0 Å². The molecule has 0 bridgehead atoms. The number of carbonyl (C=O) groups is 2. The average Bonchev–Trinajstić information content (AvgIpc) is 2.35. The van der Waals surface area contributed by atoms with Crippen molar-refractivity contribution in [3.8, 4) is 0 Å². The molecule has 1 amide bonds. The SMILES string of the molecule is O=C(O)C1CN(C(=O)C2CNCc3ccccc32)C1. The number of nitrogens with one attached hydrogen (secondary N) is 1. The second-order valence-corrected chi connectivity index (χ2v) is 5.16. The molecule has 1 aromatic rings. The fourth-order valence-electron chi connectivity index (χ4n) is 2.75. The van der Waals surface area contributed by atoms with Crippen molar-refractivity contribution in [3.05, 3.63) is 35.4 Å². The first kappa shape index (κ1) is 12.2. The van der Waals surface area contributed by atoms with Crippen molar-refractivity contribution in [2.75, 3.05) is 19.6 Å². The Labute approximate surface area is 111 Å². The van der Waals surface area contributed by atoms with Crippen LogP contribution in [0.1, 0.15) is 17.0 Å². The third kappa shape index (κ3) is 2.10. The van der Waals surface area contributed by atoms with Gasteiger partial charge in [-0.2, -0.15) is 0 Å². The van der Waals surface area contributed by atoms with E-state index in [1.54, 1.807) is 4.90 Å². The molecule has 1 unspecified atom stereocenters. The lowest BCUT2D eigenvalue weighted by molar-refractivity contribution is -0.153. The highest BCUT2D eigenvalue weighted by atomic mass is 16.4. The lowest BCUT2D eigenvalue weighted by Crippen LogP contribution is -2.55. The van der Waals surface area contributed by atoms with Crippen LogP contribution in [0.25, 0.3) is 0 Å². The molecular formula is C14H16N2O3. The van der Waals surface area contributed by atoms with Crippen LogP contribution in [0.5, 0.6) is 0 Å². The first-order valence-electron chi connectivity index (χ1n) is 6.47. The molecule has 0 aliphatic carbocycles. The molecule has 2 aliphatic heterocycles. The van der Waals surface area contributed by atoms with E-state index in [9.17, 15) is 9.59 Å². The summed E-state index contributed by atoms with van der Waals surface area (Å²) in [4.78, 5) is 24.8. The normalized spacial score (nSPS) is 22.5. The smallest absolute Gasteiger partial charge is 0.310 e. The molecule has 2 heterocycles. The zero-order valence-corrected chi connectivity index (χ0v) is 10.5. The highest BCUT2D eigenvalue weighted by molar-refractivity contribution is 5.87. The second kappa shape index (κ2) is 4.66. The van der Waals surface area contributed by atoms with Crippen LogP contribution in [0.3, 0.4) is 0 Å². The van der Waals surface area contributed by atoms with E-state index < -0.39 is 11.9 Å². The molecule has 0 aromatic heterocycles. The molecule has 100 valence electrons. The largest absolute Gasteiger partial charge is 0.481 e. The molecule has 0 saturated carbocycles. The van der Waals surface area contributed by atoms with Crippen molar-refractivity contribution in [2.45, 2.75) is 12.5 Å². The number of carboxylic acid groups (broad SMARTS) is 1. The quantitative estimate of drug-likeness (QED) is 0.808. The Morgan fingerprint density at radius 2 is 2.00 bits per heavy atom. The van der Waals surface area contributed by atoms with E-state index in [4.69, 9.17) is 5.11 Å². The zero-order valence-electron chi connectivity index (χ0n) is 10.5. The molecule has 1 atom stereocenters. The Morgan fingerprint density at radius 1 is 1.26 bits per heavy atom. The first-order valence-corrected chi connectivity index (χ1v) is 6.47. The molecule has 3 rings (SSSR count). The van der Waals surface area contributed by atoms with Gasteiger partial charge < -0.3 is 15.3 Å². The number of fused-ring (bicyclic) bond motifs is 1. The van der Waals surface area contributed by atoms with E-state index in [-0.39, 0.29) is 11.8 Å². The monoisotopic (exact) mass is 260 g/mol. The average molecular weight is 260 g/mol. The molecule has 2 aliphatic rings. The third-order valence-corrected chi connectivity index (χ3v) is 3.93. The Kier molecular flexibility index (Phi) is 2.98. The Bertz CT molecular complexity index is 523. The minimum atomic E-state index is -0.814. The number of hydrogen-bond acceptors (Lipinski definition) is 3. The number of rotatable bonds is 2. The van der Waals surface area contributed by atoms with Gasteiger partial charge in [-0.3, -0.25) is 9.59 Å². The summed E-state index contributed by atoms with van der Waals surface area (Å²) in [5.41, 5.74) is 2.23. The van der Waals surface area contributed by atoms with Crippen LogP contribution >= 0.6 is 0 Å². The Balaban J connectivity index is 1.74. The van der Waals surface area contributed by atoms with Crippen molar-refractivity contribution in [1.29, 1.82) is 0 Å². The molecular weight excluding hydrogens is 244 g/mol. The van der Waals surface area contributed by atoms with E-state index in [2.05, 4.69) is 5.32 Å². The van der Waals surface area contributed by atoms with Gasteiger partial charge >= 0.3 is 5.97 Å². The van der Waals surface area contributed by atoms with Crippen LogP contribution in [-0.2, 0) is 16.1 Å². The van der Waals surface area contributed by atoms with Gasteiger partial charge in [0.05, 0.1) is 11.8 Å². The Morgan fingerprint density at radius 3 is 2.74 bits per heavy atom. The standard InChI is InChI=1S/C14H16N2O3/c17-13(16-7-10(8-16)14(18)19)12-6-15-5-9-3-1-2-4-11(9)12/h1-4,10,12,15H,5-8H2,(H,18,19). The number of aliphatic carboxylic acids is 1. The van der Waals surface area contributed by atoms with Crippen LogP contribution < -0.4 is 5.32 Å². The van der Waals surface area contributed by atoms with Gasteiger partial charge in [-0.1, -0.05) is 24.3 Å². The topological polar surface area (TPSA) is 69.6 Å². The zero-order chi connectivity index (χ0) is 13.4. The van der Waals surface area contributed by atoms with E-state index in [0.29, 0.717) is 19.6 Å². The summed E-state index contributed by atoms with van der Waals surface area (Å²) in [7, 11) is 0. The van der Waals surface area contributed by atoms with Gasteiger partial charge in [0.1, 0.15) is 0 Å². The molecule has 5 heteroatoms. The summed E-state index contributed by atoms with van der Waals surface area (Å²) >= 11 is 0. The minimum Gasteiger partial charge on any atom is -0.481 e. The maximum atomic E-state index is 12.4. The molecule has 0 radical (unpaired) electrons. The fraction of sp³-hybridized carbons (Fsp3) is 0.429. The van der Waals surface area contributed by atoms with Crippen LogP contribution in [0.4, 0.5) is 0 Å². The Hall–Kier alpha value is -1.88. The van der Waals surface area contributed by atoms with E-state index in [1.807, 2.05) is 24.3 Å². The lowest BCUT2D eigenvalue weighted by atomic mass is 9.88. The molecule has 1 aromatic carbocycles.